The Labute approximate surface area is 67.5 Å². The largest absolute Gasteiger partial charge is 0.342 e. The first-order chi connectivity index (χ1) is 5.25. The van der Waals surface area contributed by atoms with Gasteiger partial charge in [-0.15, -0.1) is 0 Å². The third kappa shape index (κ3) is 1.93. The highest BCUT2D eigenvalue weighted by Gasteiger charge is 2.22. The maximum Gasteiger partial charge on any atom is 0.237 e. The molecule has 0 atom stereocenters. The van der Waals surface area contributed by atoms with Crippen molar-refractivity contribution in [3.05, 3.63) is 0 Å². The Morgan fingerprint density at radius 3 is 2.55 bits per heavy atom. The molecule has 0 saturated heterocycles. The maximum atomic E-state index is 11.0. The van der Waals surface area contributed by atoms with Crippen LogP contribution in [0.4, 0.5) is 0 Å². The van der Waals surface area contributed by atoms with Crippen LogP contribution < -0.4 is 5.73 Å². The summed E-state index contributed by atoms with van der Waals surface area (Å²) in [6.45, 7) is -0.104. The molecular weight excluding hydrogens is 140 g/mol. The molecule has 1 rings (SSSR count). The van der Waals surface area contributed by atoms with Crippen LogP contribution in [0, 0.1) is 0 Å². The van der Waals surface area contributed by atoms with Gasteiger partial charge in [-0.05, 0) is 12.8 Å². The van der Waals surface area contributed by atoms with Gasteiger partial charge in [0.15, 0.2) is 0 Å². The van der Waals surface area contributed by atoms with Crippen molar-refractivity contribution in [1.29, 1.82) is 0 Å². The van der Waals surface area contributed by atoms with Crippen molar-refractivity contribution < 1.29 is 4.79 Å². The summed E-state index contributed by atoms with van der Waals surface area (Å²) >= 11 is 0. The molecule has 1 aliphatic rings. The number of nitrogens with zero attached hydrogens (tertiary/aromatic N) is 1. The van der Waals surface area contributed by atoms with Gasteiger partial charge < -0.3 is 4.90 Å². The van der Waals surface area contributed by atoms with Crippen molar-refractivity contribution >= 4 is 5.91 Å². The number of hydrogen-bond donors (Lipinski definition) is 0. The molecule has 0 aromatic carbocycles. The third-order valence-corrected chi connectivity index (χ3v) is 2.42. The summed E-state index contributed by atoms with van der Waals surface area (Å²) in [5.41, 5.74) is 6.91. The minimum atomic E-state index is -0.104. The van der Waals surface area contributed by atoms with E-state index in [4.69, 9.17) is 5.73 Å². The first-order valence-electron chi connectivity index (χ1n) is 4.16. The molecule has 1 aliphatic carbocycles. The minimum Gasteiger partial charge on any atom is -0.342 e. The molecule has 11 heavy (non-hydrogen) atoms. The number of amides is 1. The first-order valence-corrected chi connectivity index (χ1v) is 4.16. The van der Waals surface area contributed by atoms with Crippen LogP contribution in [0.1, 0.15) is 25.7 Å². The molecule has 63 valence electrons. The minimum absolute atomic E-state index is 0.0445. The van der Waals surface area contributed by atoms with E-state index in [0.29, 0.717) is 6.04 Å². The monoisotopic (exact) mass is 155 g/mol. The molecule has 0 bridgehead atoms. The molecule has 1 radical (unpaired) electrons. The van der Waals surface area contributed by atoms with Gasteiger partial charge >= 0.3 is 0 Å². The summed E-state index contributed by atoms with van der Waals surface area (Å²) in [6.07, 6.45) is 4.73. The van der Waals surface area contributed by atoms with Crippen molar-refractivity contribution in [1.82, 2.24) is 10.6 Å². The quantitative estimate of drug-likeness (QED) is 0.578. The lowest BCUT2D eigenvalue weighted by molar-refractivity contribution is -0.130. The number of carbonyl (C=O) groups is 1. The zero-order chi connectivity index (χ0) is 8.27. The second kappa shape index (κ2) is 3.72. The third-order valence-electron chi connectivity index (χ3n) is 2.42. The van der Waals surface area contributed by atoms with Crippen LogP contribution >= 0.6 is 0 Å². The average molecular weight is 155 g/mol. The smallest absolute Gasteiger partial charge is 0.237 e. The average Bonchev–Trinajstić information content (AvgIpc) is 2.53. The molecule has 0 aliphatic heterocycles. The van der Waals surface area contributed by atoms with Crippen molar-refractivity contribution in [2.45, 2.75) is 31.7 Å². The zero-order valence-electron chi connectivity index (χ0n) is 6.97. The van der Waals surface area contributed by atoms with Crippen molar-refractivity contribution in [3.63, 3.8) is 0 Å². The predicted molar refractivity (Wildman–Crippen MR) is 43.0 cm³/mol. The SMILES string of the molecule is CN(C(=O)C[NH])C1CCCC1. The predicted octanol–water partition coefficient (Wildman–Crippen LogP) is 0.670. The molecule has 0 heterocycles. The van der Waals surface area contributed by atoms with E-state index in [2.05, 4.69) is 0 Å². The lowest BCUT2D eigenvalue weighted by Crippen LogP contribution is -2.37. The lowest BCUT2D eigenvalue weighted by Gasteiger charge is -2.23. The number of rotatable bonds is 2. The molecule has 3 nitrogen and oxygen atoms in total. The zero-order valence-corrected chi connectivity index (χ0v) is 6.97. The first kappa shape index (κ1) is 8.53. The number of nitrogens with one attached hydrogen (secondary N) is 1. The van der Waals surface area contributed by atoms with Crippen LogP contribution in [0.2, 0.25) is 0 Å². The summed E-state index contributed by atoms with van der Waals surface area (Å²) in [4.78, 5) is 12.8. The van der Waals surface area contributed by atoms with E-state index in [0.717, 1.165) is 12.8 Å². The van der Waals surface area contributed by atoms with E-state index >= 15 is 0 Å². The summed E-state index contributed by atoms with van der Waals surface area (Å²) in [6, 6.07) is 0.424. The molecule has 0 aromatic rings. The molecule has 1 amide bonds. The summed E-state index contributed by atoms with van der Waals surface area (Å²) < 4.78 is 0. The fourth-order valence-corrected chi connectivity index (χ4v) is 1.62. The van der Waals surface area contributed by atoms with Crippen molar-refractivity contribution in [2.75, 3.05) is 13.6 Å². The second-order valence-electron chi connectivity index (χ2n) is 3.12. The fraction of sp³-hybridized carbons (Fsp3) is 0.875. The van der Waals surface area contributed by atoms with Crippen molar-refractivity contribution in [2.24, 2.45) is 0 Å². The molecule has 0 spiro atoms. The highest BCUT2D eigenvalue weighted by Crippen LogP contribution is 2.22. The van der Waals surface area contributed by atoms with Crippen LogP contribution in [0.25, 0.3) is 0 Å². The van der Waals surface area contributed by atoms with E-state index in [1.54, 1.807) is 4.90 Å². The molecule has 0 aromatic heterocycles. The molecule has 1 N–H and O–H groups in total. The van der Waals surface area contributed by atoms with Gasteiger partial charge in [-0.1, -0.05) is 12.8 Å². The van der Waals surface area contributed by atoms with Gasteiger partial charge in [-0.2, -0.15) is 0 Å². The second-order valence-corrected chi connectivity index (χ2v) is 3.12. The Hall–Kier alpha value is -0.570. The van der Waals surface area contributed by atoms with Gasteiger partial charge in [0.1, 0.15) is 0 Å². The molecule has 1 fully saturated rings. The van der Waals surface area contributed by atoms with Gasteiger partial charge in [0.25, 0.3) is 0 Å². The van der Waals surface area contributed by atoms with Gasteiger partial charge in [0, 0.05) is 13.1 Å². The highest BCUT2D eigenvalue weighted by molar-refractivity contribution is 5.77. The van der Waals surface area contributed by atoms with Gasteiger partial charge in [-0.3, -0.25) is 4.79 Å². The Morgan fingerprint density at radius 1 is 1.55 bits per heavy atom. The van der Waals surface area contributed by atoms with Crippen molar-refractivity contribution in [3.8, 4) is 0 Å². The van der Waals surface area contributed by atoms with E-state index < -0.39 is 0 Å². The molecule has 1 saturated carbocycles. The van der Waals surface area contributed by atoms with Crippen LogP contribution in [0.15, 0.2) is 0 Å². The van der Waals surface area contributed by atoms with Crippen LogP contribution in [-0.2, 0) is 4.79 Å². The van der Waals surface area contributed by atoms with E-state index in [1.165, 1.54) is 12.8 Å². The number of hydrogen-bond acceptors (Lipinski definition) is 1. The summed E-state index contributed by atoms with van der Waals surface area (Å²) in [5.74, 6) is -0.0445. The van der Waals surface area contributed by atoms with Gasteiger partial charge in [-0.25, -0.2) is 5.73 Å². The van der Waals surface area contributed by atoms with Gasteiger partial charge in [0.2, 0.25) is 5.91 Å². The highest BCUT2D eigenvalue weighted by atomic mass is 16.2. The summed E-state index contributed by atoms with van der Waals surface area (Å²) in [5, 5.41) is 0. The Bertz CT molecular complexity index is 141. The fourth-order valence-electron chi connectivity index (χ4n) is 1.62. The molecular formula is C8H15N2O. The molecule has 3 heteroatoms. The summed E-state index contributed by atoms with van der Waals surface area (Å²) in [7, 11) is 1.81. The van der Waals surface area contributed by atoms with Crippen LogP contribution in [0.5, 0.6) is 0 Å². The number of likely N-dealkylation sites (N-methyl/N-ethyl adjacent to an activating group) is 1. The maximum absolute atomic E-state index is 11.0. The van der Waals surface area contributed by atoms with E-state index in [-0.39, 0.29) is 12.5 Å². The Balaban J connectivity index is 2.39. The Morgan fingerprint density at radius 2 is 2.09 bits per heavy atom. The normalized spacial score (nSPS) is 18.7. The number of carbonyl (C=O) groups excluding carboxylic acids is 1. The lowest BCUT2D eigenvalue weighted by atomic mass is 10.2. The Kier molecular flexibility index (Phi) is 2.88. The van der Waals surface area contributed by atoms with Gasteiger partial charge in [0.05, 0.1) is 6.54 Å². The van der Waals surface area contributed by atoms with Crippen LogP contribution in [0.3, 0.4) is 0 Å². The topological polar surface area (TPSA) is 44.1 Å². The van der Waals surface area contributed by atoms with E-state index in [9.17, 15) is 4.79 Å². The molecule has 0 unspecified atom stereocenters. The van der Waals surface area contributed by atoms with Crippen LogP contribution in [-0.4, -0.2) is 30.4 Å². The van der Waals surface area contributed by atoms with E-state index in [1.807, 2.05) is 7.05 Å². The standard InChI is InChI=1S/C8H15N2O/c1-10(8(11)6-9)7-4-2-3-5-7/h7,9H,2-6H2,1H3.